The fourth-order valence-corrected chi connectivity index (χ4v) is 1.24. The molecule has 1 rings (SSSR count). The number of nitro benzene ring substituents is 1. The molecule has 0 heterocycles. The minimum atomic E-state index is -0.445. The van der Waals surface area contributed by atoms with Gasteiger partial charge in [-0.2, -0.15) is 0 Å². The number of hydrogen-bond donors (Lipinski definition) is 1. The van der Waals surface area contributed by atoms with Crippen LogP contribution >= 0.6 is 0 Å². The second-order valence-corrected chi connectivity index (χ2v) is 3.20. The highest BCUT2D eigenvalue weighted by molar-refractivity contribution is 5.52. The van der Waals surface area contributed by atoms with Gasteiger partial charge in [-0.1, -0.05) is 11.8 Å². The molecule has 0 spiro atoms. The Labute approximate surface area is 99.9 Å². The quantitative estimate of drug-likeness (QED) is 0.488. The van der Waals surface area contributed by atoms with Crippen molar-refractivity contribution in [2.45, 2.75) is 6.92 Å². The van der Waals surface area contributed by atoms with Crippen LogP contribution in [0, 0.1) is 22.0 Å². The van der Waals surface area contributed by atoms with Crippen molar-refractivity contribution in [3.63, 3.8) is 0 Å². The van der Waals surface area contributed by atoms with E-state index in [9.17, 15) is 10.1 Å². The molecule has 0 radical (unpaired) electrons. The lowest BCUT2D eigenvalue weighted by atomic mass is 10.2. The number of nitro groups is 1. The Balaban J connectivity index is 3.07. The Kier molecular flexibility index (Phi) is 4.98. The van der Waals surface area contributed by atoms with E-state index in [1.807, 2.05) is 6.92 Å². The van der Waals surface area contributed by atoms with Crippen molar-refractivity contribution in [1.82, 2.24) is 5.32 Å². The molecule has 0 atom stereocenters. The van der Waals surface area contributed by atoms with Crippen molar-refractivity contribution in [2.75, 3.05) is 20.2 Å². The summed E-state index contributed by atoms with van der Waals surface area (Å²) in [7, 11) is 1.78. The predicted octanol–water partition coefficient (Wildman–Crippen LogP) is 1.56. The van der Waals surface area contributed by atoms with Crippen LogP contribution in [0.1, 0.15) is 12.5 Å². The normalized spacial score (nSPS) is 9.29. The van der Waals surface area contributed by atoms with Crippen molar-refractivity contribution < 1.29 is 9.66 Å². The molecule has 1 N–H and O–H groups in total. The number of ether oxygens (including phenoxy) is 1. The van der Waals surface area contributed by atoms with Crippen LogP contribution in [-0.4, -0.2) is 25.1 Å². The Hall–Kier alpha value is -2.06. The van der Waals surface area contributed by atoms with Gasteiger partial charge in [-0.3, -0.25) is 10.1 Å². The lowest BCUT2D eigenvalue weighted by Crippen LogP contribution is -2.04. The van der Waals surface area contributed by atoms with E-state index in [4.69, 9.17) is 4.74 Å². The Bertz CT molecular complexity index is 461. The fourth-order valence-electron chi connectivity index (χ4n) is 1.24. The predicted molar refractivity (Wildman–Crippen MR) is 65.1 cm³/mol. The Morgan fingerprint density at radius 2 is 2.29 bits per heavy atom. The van der Waals surface area contributed by atoms with Gasteiger partial charge < -0.3 is 10.1 Å². The maximum absolute atomic E-state index is 10.7. The molecule has 5 heteroatoms. The molecule has 0 aromatic heterocycles. The molecule has 0 bridgehead atoms. The van der Waals surface area contributed by atoms with E-state index in [2.05, 4.69) is 17.2 Å². The molecule has 0 saturated carbocycles. The third-order valence-corrected chi connectivity index (χ3v) is 1.96. The number of nitrogens with zero attached hydrogens (tertiary/aromatic N) is 1. The second-order valence-electron chi connectivity index (χ2n) is 3.20. The molecule has 0 amide bonds. The van der Waals surface area contributed by atoms with Gasteiger partial charge in [-0.05, 0) is 20.0 Å². The third kappa shape index (κ3) is 3.78. The van der Waals surface area contributed by atoms with E-state index >= 15 is 0 Å². The van der Waals surface area contributed by atoms with Gasteiger partial charge in [0.25, 0.3) is 5.69 Å². The summed E-state index contributed by atoms with van der Waals surface area (Å²) in [6, 6.07) is 4.41. The maximum atomic E-state index is 10.7. The van der Waals surface area contributed by atoms with E-state index in [0.717, 1.165) is 0 Å². The van der Waals surface area contributed by atoms with Crippen LogP contribution in [0.5, 0.6) is 5.75 Å². The Morgan fingerprint density at radius 3 is 2.88 bits per heavy atom. The van der Waals surface area contributed by atoms with E-state index in [0.29, 0.717) is 24.5 Å². The second kappa shape index (κ2) is 6.51. The van der Waals surface area contributed by atoms with Crippen LogP contribution < -0.4 is 10.1 Å². The molecule has 90 valence electrons. The Morgan fingerprint density at radius 1 is 1.53 bits per heavy atom. The highest BCUT2D eigenvalue weighted by Gasteiger charge is 2.09. The molecule has 17 heavy (non-hydrogen) atoms. The first-order chi connectivity index (χ1) is 8.19. The van der Waals surface area contributed by atoms with Gasteiger partial charge in [-0.15, -0.1) is 0 Å². The zero-order valence-electron chi connectivity index (χ0n) is 9.82. The number of non-ortho nitro benzene ring substituents is 1. The summed E-state index contributed by atoms with van der Waals surface area (Å²) >= 11 is 0. The van der Waals surface area contributed by atoms with E-state index in [1.165, 1.54) is 12.1 Å². The number of benzene rings is 1. The molecule has 0 fully saturated rings. The fraction of sp³-hybridized carbons (Fsp3) is 0.333. The van der Waals surface area contributed by atoms with Gasteiger partial charge >= 0.3 is 0 Å². The van der Waals surface area contributed by atoms with Gasteiger partial charge in [-0.25, -0.2) is 0 Å². The summed E-state index contributed by atoms with van der Waals surface area (Å²) in [5.74, 6) is 6.28. The molecule has 1 aromatic rings. The molecule has 5 nitrogen and oxygen atoms in total. The molecule has 1 aromatic carbocycles. The van der Waals surface area contributed by atoms with Gasteiger partial charge in [0.15, 0.2) is 0 Å². The third-order valence-electron chi connectivity index (χ3n) is 1.96. The summed E-state index contributed by atoms with van der Waals surface area (Å²) in [6.45, 7) is 2.87. The summed E-state index contributed by atoms with van der Waals surface area (Å²) < 4.78 is 5.36. The van der Waals surface area contributed by atoms with Crippen molar-refractivity contribution in [2.24, 2.45) is 0 Å². The van der Waals surface area contributed by atoms with Crippen LogP contribution in [0.25, 0.3) is 0 Å². The van der Waals surface area contributed by atoms with E-state index in [1.54, 1.807) is 13.1 Å². The van der Waals surface area contributed by atoms with Crippen LogP contribution in [-0.2, 0) is 0 Å². The van der Waals surface area contributed by atoms with E-state index < -0.39 is 4.92 Å². The van der Waals surface area contributed by atoms with Crippen LogP contribution in [0.4, 0.5) is 5.69 Å². The standard InChI is InChI=1S/C12H14N2O3/c1-3-17-12-7-6-11(14(15)16)9-10(12)5-4-8-13-2/h6-7,9,13H,3,8H2,1-2H3. The van der Waals surface area contributed by atoms with Gasteiger partial charge in [0.05, 0.1) is 23.6 Å². The molecular weight excluding hydrogens is 220 g/mol. The van der Waals surface area contributed by atoms with Gasteiger partial charge in [0.2, 0.25) is 0 Å². The summed E-state index contributed by atoms with van der Waals surface area (Å²) in [4.78, 5) is 10.2. The van der Waals surface area contributed by atoms with Crippen LogP contribution in [0.2, 0.25) is 0 Å². The maximum Gasteiger partial charge on any atom is 0.270 e. The van der Waals surface area contributed by atoms with Crippen molar-refractivity contribution in [3.8, 4) is 17.6 Å². The summed E-state index contributed by atoms with van der Waals surface area (Å²) in [5.41, 5.74) is 0.554. The smallest absolute Gasteiger partial charge is 0.270 e. The highest BCUT2D eigenvalue weighted by atomic mass is 16.6. The first kappa shape index (κ1) is 13.0. The molecule has 0 aliphatic carbocycles. The highest BCUT2D eigenvalue weighted by Crippen LogP contribution is 2.23. The largest absolute Gasteiger partial charge is 0.493 e. The van der Waals surface area contributed by atoms with Crippen molar-refractivity contribution in [3.05, 3.63) is 33.9 Å². The lowest BCUT2D eigenvalue weighted by molar-refractivity contribution is -0.384. The average molecular weight is 234 g/mol. The first-order valence-corrected chi connectivity index (χ1v) is 5.23. The molecule has 0 aliphatic rings. The number of nitrogens with one attached hydrogen (secondary N) is 1. The van der Waals surface area contributed by atoms with Crippen molar-refractivity contribution in [1.29, 1.82) is 0 Å². The molecular formula is C12H14N2O3. The topological polar surface area (TPSA) is 64.4 Å². The average Bonchev–Trinajstić information content (AvgIpc) is 2.31. The number of rotatable bonds is 4. The zero-order valence-corrected chi connectivity index (χ0v) is 9.82. The van der Waals surface area contributed by atoms with Gasteiger partial charge in [0.1, 0.15) is 5.75 Å². The van der Waals surface area contributed by atoms with Crippen molar-refractivity contribution >= 4 is 5.69 Å². The van der Waals surface area contributed by atoms with E-state index in [-0.39, 0.29) is 5.69 Å². The molecule has 0 aliphatic heterocycles. The summed E-state index contributed by atoms with van der Waals surface area (Å²) in [5, 5.41) is 13.5. The first-order valence-electron chi connectivity index (χ1n) is 5.23. The molecule has 0 saturated heterocycles. The zero-order chi connectivity index (χ0) is 12.7. The molecule has 0 unspecified atom stereocenters. The minimum absolute atomic E-state index is 0.0159. The number of hydrogen-bond acceptors (Lipinski definition) is 4. The van der Waals surface area contributed by atoms with Crippen LogP contribution in [0.3, 0.4) is 0 Å². The SMILES string of the molecule is CCOc1ccc([N+](=O)[O-])cc1C#CCNC. The van der Waals surface area contributed by atoms with Crippen LogP contribution in [0.15, 0.2) is 18.2 Å². The monoisotopic (exact) mass is 234 g/mol. The van der Waals surface area contributed by atoms with Gasteiger partial charge in [0, 0.05) is 12.1 Å². The minimum Gasteiger partial charge on any atom is -0.493 e. The summed E-state index contributed by atoms with van der Waals surface area (Å²) in [6.07, 6.45) is 0. The lowest BCUT2D eigenvalue weighted by Gasteiger charge is -2.05.